The summed E-state index contributed by atoms with van der Waals surface area (Å²) in [5.41, 5.74) is 1.76. The number of nitro benzene ring substituents is 1. The zero-order valence-corrected chi connectivity index (χ0v) is 15.1. The highest BCUT2D eigenvalue weighted by molar-refractivity contribution is 5.78. The lowest BCUT2D eigenvalue weighted by Crippen LogP contribution is -2.44. The largest absolute Gasteiger partial charge is 0.472 e. The standard InChI is InChI=1S/C20H21N3O4/c1-14(24)20(27-18-11-9-17(10-12-18)23(25)26)22(2)13-16-8-7-15-5-3-4-6-19(15)21-16/h3-12,14,20,24H,13H2,1-2H3. The Kier molecular flexibility index (Phi) is 5.63. The average molecular weight is 367 g/mol. The number of nitro groups is 1. The van der Waals surface area contributed by atoms with Crippen molar-refractivity contribution in [2.24, 2.45) is 0 Å². The van der Waals surface area contributed by atoms with E-state index < -0.39 is 17.3 Å². The maximum atomic E-state index is 10.8. The molecule has 27 heavy (non-hydrogen) atoms. The minimum absolute atomic E-state index is 0.00957. The molecule has 0 fully saturated rings. The Morgan fingerprint density at radius 2 is 1.85 bits per heavy atom. The average Bonchev–Trinajstić information content (AvgIpc) is 2.66. The molecular weight excluding hydrogens is 346 g/mol. The molecule has 0 radical (unpaired) electrons. The van der Waals surface area contributed by atoms with E-state index in [0.717, 1.165) is 16.6 Å². The Bertz CT molecular complexity index is 928. The number of likely N-dealkylation sites (N-methyl/N-ethyl adjacent to an activating group) is 1. The van der Waals surface area contributed by atoms with Crippen LogP contribution in [-0.4, -0.2) is 39.3 Å². The van der Waals surface area contributed by atoms with Gasteiger partial charge in [-0.25, -0.2) is 0 Å². The van der Waals surface area contributed by atoms with Crippen molar-refractivity contribution >= 4 is 16.6 Å². The summed E-state index contributed by atoms with van der Waals surface area (Å²) in [5.74, 6) is 0.449. The van der Waals surface area contributed by atoms with Gasteiger partial charge in [0, 0.05) is 24.1 Å². The van der Waals surface area contributed by atoms with Crippen LogP contribution in [0.25, 0.3) is 10.9 Å². The SMILES string of the molecule is CC(O)C(Oc1ccc([N+](=O)[O-])cc1)N(C)Cc1ccc2ccccc2n1. The predicted octanol–water partition coefficient (Wildman–Crippen LogP) is 3.36. The number of para-hydroxylation sites is 1. The minimum Gasteiger partial charge on any atom is -0.472 e. The number of nitrogens with zero attached hydrogens (tertiary/aromatic N) is 3. The number of non-ortho nitro benzene ring substituents is 1. The van der Waals surface area contributed by atoms with Gasteiger partial charge in [0.2, 0.25) is 0 Å². The first-order valence-corrected chi connectivity index (χ1v) is 8.58. The van der Waals surface area contributed by atoms with Gasteiger partial charge in [-0.1, -0.05) is 24.3 Å². The number of rotatable bonds is 7. The minimum atomic E-state index is -0.773. The van der Waals surface area contributed by atoms with Crippen molar-refractivity contribution < 1.29 is 14.8 Å². The molecule has 2 unspecified atom stereocenters. The first-order chi connectivity index (χ1) is 12.9. The fourth-order valence-corrected chi connectivity index (χ4v) is 2.88. The van der Waals surface area contributed by atoms with Crippen molar-refractivity contribution in [3.63, 3.8) is 0 Å². The van der Waals surface area contributed by atoms with Gasteiger partial charge in [0.1, 0.15) is 11.9 Å². The molecule has 0 amide bonds. The lowest BCUT2D eigenvalue weighted by Gasteiger charge is -2.30. The zero-order chi connectivity index (χ0) is 19.4. The second kappa shape index (κ2) is 8.11. The van der Waals surface area contributed by atoms with Crippen LogP contribution in [0.4, 0.5) is 5.69 Å². The Labute approximate surface area is 157 Å². The van der Waals surface area contributed by atoms with Gasteiger partial charge >= 0.3 is 0 Å². The number of fused-ring (bicyclic) bond motifs is 1. The van der Waals surface area contributed by atoms with Crippen LogP contribution in [0.5, 0.6) is 5.75 Å². The molecule has 0 saturated carbocycles. The maximum Gasteiger partial charge on any atom is 0.269 e. The van der Waals surface area contributed by atoms with Crippen molar-refractivity contribution in [2.45, 2.75) is 25.8 Å². The molecule has 2 atom stereocenters. The molecule has 0 aliphatic heterocycles. The van der Waals surface area contributed by atoms with Gasteiger partial charge < -0.3 is 9.84 Å². The van der Waals surface area contributed by atoms with Gasteiger partial charge in [-0.05, 0) is 38.2 Å². The van der Waals surface area contributed by atoms with Crippen LogP contribution in [0, 0.1) is 10.1 Å². The van der Waals surface area contributed by atoms with Crippen LogP contribution in [0.2, 0.25) is 0 Å². The predicted molar refractivity (Wildman–Crippen MR) is 102 cm³/mol. The van der Waals surface area contributed by atoms with Crippen molar-refractivity contribution in [3.05, 3.63) is 76.5 Å². The fourth-order valence-electron chi connectivity index (χ4n) is 2.88. The molecule has 2 aromatic carbocycles. The molecule has 0 spiro atoms. The molecule has 0 aliphatic carbocycles. The molecule has 1 N–H and O–H groups in total. The summed E-state index contributed by atoms with van der Waals surface area (Å²) in [6, 6.07) is 17.6. The molecule has 0 aliphatic rings. The first-order valence-electron chi connectivity index (χ1n) is 8.58. The van der Waals surface area contributed by atoms with E-state index in [1.807, 2.05) is 48.3 Å². The highest BCUT2D eigenvalue weighted by Crippen LogP contribution is 2.21. The summed E-state index contributed by atoms with van der Waals surface area (Å²) >= 11 is 0. The van der Waals surface area contributed by atoms with Gasteiger partial charge in [0.15, 0.2) is 6.23 Å². The van der Waals surface area contributed by atoms with Crippen molar-refractivity contribution in [1.82, 2.24) is 9.88 Å². The van der Waals surface area contributed by atoms with Gasteiger partial charge in [0.25, 0.3) is 5.69 Å². The lowest BCUT2D eigenvalue weighted by atomic mass is 10.2. The smallest absolute Gasteiger partial charge is 0.269 e. The Hall–Kier alpha value is -3.03. The Balaban J connectivity index is 1.73. The molecule has 7 nitrogen and oxygen atoms in total. The van der Waals surface area contributed by atoms with Crippen LogP contribution >= 0.6 is 0 Å². The fraction of sp³-hybridized carbons (Fsp3) is 0.250. The highest BCUT2D eigenvalue weighted by atomic mass is 16.6. The molecule has 1 heterocycles. The van der Waals surface area contributed by atoms with E-state index in [4.69, 9.17) is 4.74 Å². The Morgan fingerprint density at radius 3 is 2.52 bits per heavy atom. The highest BCUT2D eigenvalue weighted by Gasteiger charge is 2.23. The quantitative estimate of drug-likeness (QED) is 0.391. The third kappa shape index (κ3) is 4.58. The van der Waals surface area contributed by atoms with E-state index in [2.05, 4.69) is 4.98 Å². The number of aliphatic hydroxyl groups is 1. The Morgan fingerprint density at radius 1 is 1.15 bits per heavy atom. The molecule has 3 rings (SSSR count). The molecule has 0 bridgehead atoms. The normalized spacial score (nSPS) is 13.5. The van der Waals surface area contributed by atoms with E-state index in [1.165, 1.54) is 24.3 Å². The van der Waals surface area contributed by atoms with Crippen LogP contribution in [0.3, 0.4) is 0 Å². The van der Waals surface area contributed by atoms with Gasteiger partial charge in [-0.15, -0.1) is 0 Å². The zero-order valence-electron chi connectivity index (χ0n) is 15.1. The van der Waals surface area contributed by atoms with E-state index in [-0.39, 0.29) is 5.69 Å². The first kappa shape index (κ1) is 18.8. The molecule has 3 aromatic rings. The summed E-state index contributed by atoms with van der Waals surface area (Å²) in [5, 5.41) is 22.0. The van der Waals surface area contributed by atoms with E-state index >= 15 is 0 Å². The number of ether oxygens (including phenoxy) is 1. The summed E-state index contributed by atoms with van der Waals surface area (Å²) in [4.78, 5) is 16.8. The third-order valence-electron chi connectivity index (χ3n) is 4.22. The summed E-state index contributed by atoms with van der Waals surface area (Å²) in [6.45, 7) is 2.12. The molecule has 7 heteroatoms. The monoisotopic (exact) mass is 367 g/mol. The molecule has 0 saturated heterocycles. The van der Waals surface area contributed by atoms with Crippen LogP contribution in [-0.2, 0) is 6.54 Å². The molecule has 1 aromatic heterocycles. The van der Waals surface area contributed by atoms with Crippen LogP contribution in [0.1, 0.15) is 12.6 Å². The van der Waals surface area contributed by atoms with Crippen LogP contribution in [0.15, 0.2) is 60.7 Å². The molecule has 140 valence electrons. The van der Waals surface area contributed by atoms with Gasteiger partial charge in [0.05, 0.1) is 16.1 Å². The summed E-state index contributed by atoms with van der Waals surface area (Å²) in [7, 11) is 1.83. The van der Waals surface area contributed by atoms with E-state index in [1.54, 1.807) is 6.92 Å². The molecular formula is C20H21N3O4. The number of aliphatic hydroxyl groups excluding tert-OH is 1. The number of aromatic nitrogens is 1. The van der Waals surface area contributed by atoms with Crippen LogP contribution < -0.4 is 4.74 Å². The summed E-state index contributed by atoms with van der Waals surface area (Å²) in [6.07, 6.45) is -1.40. The van der Waals surface area contributed by atoms with Crippen molar-refractivity contribution in [1.29, 1.82) is 0 Å². The number of pyridine rings is 1. The topological polar surface area (TPSA) is 88.7 Å². The van der Waals surface area contributed by atoms with Crippen molar-refractivity contribution in [2.75, 3.05) is 7.05 Å². The third-order valence-corrected chi connectivity index (χ3v) is 4.22. The van der Waals surface area contributed by atoms with Crippen molar-refractivity contribution in [3.8, 4) is 5.75 Å². The van der Waals surface area contributed by atoms with E-state index in [9.17, 15) is 15.2 Å². The summed E-state index contributed by atoms with van der Waals surface area (Å²) < 4.78 is 5.86. The number of hydrogen-bond donors (Lipinski definition) is 1. The second-order valence-corrected chi connectivity index (χ2v) is 6.41. The number of hydrogen-bond acceptors (Lipinski definition) is 6. The lowest BCUT2D eigenvalue weighted by molar-refractivity contribution is -0.384. The van der Waals surface area contributed by atoms with E-state index in [0.29, 0.717) is 12.3 Å². The second-order valence-electron chi connectivity index (χ2n) is 6.41. The van der Waals surface area contributed by atoms with Gasteiger partial charge in [-0.3, -0.25) is 20.0 Å². The van der Waals surface area contributed by atoms with Gasteiger partial charge in [-0.2, -0.15) is 0 Å². The number of benzene rings is 2. The maximum absolute atomic E-state index is 10.8.